The first-order chi connectivity index (χ1) is 4.79. The number of rotatable bonds is 0. The van der Waals surface area contributed by atoms with Gasteiger partial charge in [0.1, 0.15) is 0 Å². The average Bonchev–Trinajstić information content (AvgIpc) is 2.07. The fraction of sp³-hybridized carbons (Fsp3) is 0.833. The summed E-state index contributed by atoms with van der Waals surface area (Å²) in [7, 11) is 0. The lowest BCUT2D eigenvalue weighted by atomic mass is 10.1. The summed E-state index contributed by atoms with van der Waals surface area (Å²) >= 11 is 0. The van der Waals surface area contributed by atoms with E-state index in [1.54, 1.807) is 0 Å². The molecule has 2 aliphatic rings. The summed E-state index contributed by atoms with van der Waals surface area (Å²) in [6.45, 7) is 1.62. The molecule has 0 spiro atoms. The number of carboxylic acid groups (broad SMARTS) is 1. The van der Waals surface area contributed by atoms with E-state index < -0.39 is 6.09 Å². The van der Waals surface area contributed by atoms with Crippen molar-refractivity contribution in [1.82, 2.24) is 10.0 Å². The number of hydrogen-bond acceptors (Lipinski definition) is 2. The third-order valence-electron chi connectivity index (χ3n) is 2.32. The molecule has 0 bridgehead atoms. The Morgan fingerprint density at radius 1 is 1.40 bits per heavy atom. The quantitative estimate of drug-likeness (QED) is 0.531. The van der Waals surface area contributed by atoms with Crippen molar-refractivity contribution in [3.63, 3.8) is 0 Å². The molecule has 1 atom stereocenters. The monoisotopic (exact) mass is 142 g/mol. The van der Waals surface area contributed by atoms with E-state index in [1.807, 2.05) is 5.01 Å². The van der Waals surface area contributed by atoms with Crippen LogP contribution in [0.3, 0.4) is 0 Å². The molecule has 0 aliphatic carbocycles. The molecule has 0 aromatic carbocycles. The van der Waals surface area contributed by atoms with Crippen molar-refractivity contribution in [2.24, 2.45) is 0 Å². The second-order valence-electron chi connectivity index (χ2n) is 2.80. The zero-order valence-corrected chi connectivity index (χ0v) is 5.66. The summed E-state index contributed by atoms with van der Waals surface area (Å²) in [4.78, 5) is 10.5. The van der Waals surface area contributed by atoms with Crippen LogP contribution in [-0.4, -0.2) is 40.3 Å². The standard InChI is InChI=1S/C6H10N2O2/c9-6(10)8-4-2-5-1-3-7(5)8/h5H,1-4H2,(H,9,10). The number of amides is 1. The second kappa shape index (κ2) is 1.85. The van der Waals surface area contributed by atoms with Gasteiger partial charge in [0, 0.05) is 19.1 Å². The minimum Gasteiger partial charge on any atom is -0.464 e. The largest absolute Gasteiger partial charge is 0.464 e. The van der Waals surface area contributed by atoms with Gasteiger partial charge in [-0.2, -0.15) is 0 Å². The lowest BCUT2D eigenvalue weighted by molar-refractivity contribution is -0.0430. The SMILES string of the molecule is O=C(O)N1CCC2CCN21. The third-order valence-corrected chi connectivity index (χ3v) is 2.32. The van der Waals surface area contributed by atoms with E-state index in [4.69, 9.17) is 5.11 Å². The highest BCUT2D eigenvalue weighted by Crippen LogP contribution is 2.29. The van der Waals surface area contributed by atoms with E-state index in [1.165, 1.54) is 11.4 Å². The molecule has 0 aromatic heterocycles. The summed E-state index contributed by atoms with van der Waals surface area (Å²) in [5, 5.41) is 12.0. The summed E-state index contributed by atoms with van der Waals surface area (Å²) in [6.07, 6.45) is 1.39. The molecule has 0 aromatic rings. The fourth-order valence-electron chi connectivity index (χ4n) is 1.64. The molecule has 2 rings (SSSR count). The maximum Gasteiger partial charge on any atom is 0.421 e. The Hall–Kier alpha value is -0.770. The van der Waals surface area contributed by atoms with Crippen LogP contribution in [0.1, 0.15) is 12.8 Å². The molecule has 2 heterocycles. The Kier molecular flexibility index (Phi) is 1.11. The molecule has 0 saturated carbocycles. The van der Waals surface area contributed by atoms with Crippen LogP contribution in [-0.2, 0) is 0 Å². The molecule has 0 radical (unpaired) electrons. The lowest BCUT2D eigenvalue weighted by Gasteiger charge is -2.38. The Bertz CT molecular complexity index is 171. The van der Waals surface area contributed by atoms with Crippen LogP contribution in [0.25, 0.3) is 0 Å². The Balaban J connectivity index is 2.05. The van der Waals surface area contributed by atoms with Gasteiger partial charge in [-0.15, -0.1) is 0 Å². The fourth-order valence-corrected chi connectivity index (χ4v) is 1.64. The Labute approximate surface area is 59.0 Å². The van der Waals surface area contributed by atoms with Crippen molar-refractivity contribution in [3.8, 4) is 0 Å². The molecule has 1 amide bonds. The van der Waals surface area contributed by atoms with E-state index in [-0.39, 0.29) is 0 Å². The lowest BCUT2D eigenvalue weighted by Crippen LogP contribution is -2.52. The van der Waals surface area contributed by atoms with Crippen molar-refractivity contribution < 1.29 is 9.90 Å². The molecule has 10 heavy (non-hydrogen) atoms. The second-order valence-corrected chi connectivity index (χ2v) is 2.80. The zero-order chi connectivity index (χ0) is 7.14. The maximum atomic E-state index is 10.5. The minimum absolute atomic E-state index is 0.538. The summed E-state index contributed by atoms with van der Waals surface area (Å²) < 4.78 is 0. The summed E-state index contributed by atoms with van der Waals surface area (Å²) in [6, 6.07) is 0.538. The first kappa shape index (κ1) is 5.97. The highest BCUT2D eigenvalue weighted by molar-refractivity contribution is 5.64. The molecule has 4 nitrogen and oxygen atoms in total. The van der Waals surface area contributed by atoms with Crippen molar-refractivity contribution >= 4 is 6.09 Å². The van der Waals surface area contributed by atoms with E-state index in [0.29, 0.717) is 12.6 Å². The number of hydrogen-bond donors (Lipinski definition) is 1. The average molecular weight is 142 g/mol. The van der Waals surface area contributed by atoms with Gasteiger partial charge in [-0.25, -0.2) is 14.8 Å². The van der Waals surface area contributed by atoms with Gasteiger partial charge in [0.2, 0.25) is 0 Å². The minimum atomic E-state index is -0.804. The molecule has 1 unspecified atom stereocenters. The van der Waals surface area contributed by atoms with Crippen LogP contribution in [0, 0.1) is 0 Å². The van der Waals surface area contributed by atoms with Gasteiger partial charge < -0.3 is 5.11 Å². The number of fused-ring (bicyclic) bond motifs is 1. The molecule has 56 valence electrons. The normalized spacial score (nSPS) is 31.6. The van der Waals surface area contributed by atoms with Crippen molar-refractivity contribution in [2.45, 2.75) is 18.9 Å². The van der Waals surface area contributed by atoms with Gasteiger partial charge in [0.15, 0.2) is 0 Å². The highest BCUT2D eigenvalue weighted by atomic mass is 16.4. The first-order valence-corrected chi connectivity index (χ1v) is 3.56. The number of hydrazine groups is 1. The Morgan fingerprint density at radius 3 is 2.40 bits per heavy atom. The summed E-state index contributed by atoms with van der Waals surface area (Å²) in [5.41, 5.74) is 0. The van der Waals surface area contributed by atoms with Gasteiger partial charge >= 0.3 is 6.09 Å². The molecule has 2 aliphatic heterocycles. The maximum absolute atomic E-state index is 10.5. The molecule has 1 N–H and O–H groups in total. The zero-order valence-electron chi connectivity index (χ0n) is 5.66. The van der Waals surface area contributed by atoms with Gasteiger partial charge in [-0.1, -0.05) is 0 Å². The van der Waals surface area contributed by atoms with E-state index in [0.717, 1.165) is 13.0 Å². The van der Waals surface area contributed by atoms with Crippen molar-refractivity contribution in [2.75, 3.05) is 13.1 Å². The van der Waals surface area contributed by atoms with E-state index in [2.05, 4.69) is 0 Å². The number of carbonyl (C=O) groups is 1. The van der Waals surface area contributed by atoms with E-state index >= 15 is 0 Å². The third kappa shape index (κ3) is 0.623. The van der Waals surface area contributed by atoms with Gasteiger partial charge in [0.05, 0.1) is 0 Å². The predicted molar refractivity (Wildman–Crippen MR) is 34.5 cm³/mol. The highest BCUT2D eigenvalue weighted by Gasteiger charge is 2.40. The van der Waals surface area contributed by atoms with Crippen molar-refractivity contribution in [1.29, 1.82) is 0 Å². The van der Waals surface area contributed by atoms with Gasteiger partial charge in [-0.05, 0) is 12.8 Å². The molecular weight excluding hydrogens is 132 g/mol. The van der Waals surface area contributed by atoms with Crippen LogP contribution in [0.5, 0.6) is 0 Å². The van der Waals surface area contributed by atoms with Gasteiger partial charge in [0.25, 0.3) is 0 Å². The topological polar surface area (TPSA) is 43.8 Å². The summed E-state index contributed by atoms with van der Waals surface area (Å²) in [5.74, 6) is 0. The smallest absolute Gasteiger partial charge is 0.421 e. The molecular formula is C6H10N2O2. The van der Waals surface area contributed by atoms with Crippen LogP contribution in [0.4, 0.5) is 4.79 Å². The van der Waals surface area contributed by atoms with Crippen molar-refractivity contribution in [3.05, 3.63) is 0 Å². The molecule has 4 heteroatoms. The Morgan fingerprint density at radius 2 is 2.10 bits per heavy atom. The van der Waals surface area contributed by atoms with E-state index in [9.17, 15) is 4.79 Å². The van der Waals surface area contributed by atoms with Gasteiger partial charge in [-0.3, -0.25) is 0 Å². The van der Waals surface area contributed by atoms with Crippen LogP contribution in [0.15, 0.2) is 0 Å². The van der Waals surface area contributed by atoms with Crippen LogP contribution < -0.4 is 0 Å². The molecule has 2 fully saturated rings. The van der Waals surface area contributed by atoms with Crippen LogP contribution >= 0.6 is 0 Å². The predicted octanol–water partition coefficient (Wildman–Crippen LogP) is 0.359. The number of nitrogens with zero attached hydrogens (tertiary/aromatic N) is 2. The van der Waals surface area contributed by atoms with Crippen LogP contribution in [0.2, 0.25) is 0 Å². The molecule has 2 saturated heterocycles. The first-order valence-electron chi connectivity index (χ1n) is 3.56.